The molecule has 0 fully saturated rings. The first-order chi connectivity index (χ1) is 15.4. The lowest BCUT2D eigenvalue weighted by molar-refractivity contribution is -0.119. The predicted octanol–water partition coefficient (Wildman–Crippen LogP) is 4.10. The first-order valence-corrected chi connectivity index (χ1v) is 10.0. The molecule has 0 spiro atoms. The normalized spacial score (nSPS) is 12.0. The number of para-hydroxylation sites is 1. The van der Waals surface area contributed by atoms with Gasteiger partial charge in [0.15, 0.2) is 5.52 Å². The Kier molecular flexibility index (Phi) is 5.72. The largest absolute Gasteiger partial charge is 0.497 e. The summed E-state index contributed by atoms with van der Waals surface area (Å²) in [6, 6.07) is 12.0. The van der Waals surface area contributed by atoms with E-state index in [4.69, 9.17) is 9.26 Å². The number of hydrogen-bond acceptors (Lipinski definition) is 6. The number of carbonyl (C=O) groups excluding carboxylic acids is 1. The minimum Gasteiger partial charge on any atom is -0.497 e. The molecule has 4 rings (SSSR count). The number of amides is 1. The van der Waals surface area contributed by atoms with E-state index in [2.05, 4.69) is 15.6 Å². The van der Waals surface area contributed by atoms with Crippen LogP contribution >= 0.6 is 0 Å². The SMILES string of the molecule is CC[C@@H](C(=O)Nc1ccccc1F)n1nc(-c2ccc(OC)cc2)c2c(C)onc2c1=O. The van der Waals surface area contributed by atoms with Crippen LogP contribution in [0.15, 0.2) is 57.8 Å². The van der Waals surface area contributed by atoms with Crippen molar-refractivity contribution in [3.05, 3.63) is 70.5 Å². The highest BCUT2D eigenvalue weighted by Crippen LogP contribution is 2.29. The lowest BCUT2D eigenvalue weighted by Crippen LogP contribution is -2.35. The first kappa shape index (κ1) is 21.2. The molecule has 0 saturated carbocycles. The maximum Gasteiger partial charge on any atom is 0.297 e. The Bertz CT molecular complexity index is 1340. The molecular weight excluding hydrogens is 415 g/mol. The zero-order chi connectivity index (χ0) is 22.8. The van der Waals surface area contributed by atoms with E-state index in [0.29, 0.717) is 28.2 Å². The molecule has 0 saturated heterocycles. The Labute approximate surface area is 182 Å². The highest BCUT2D eigenvalue weighted by molar-refractivity contribution is 5.95. The lowest BCUT2D eigenvalue weighted by Gasteiger charge is -2.18. The highest BCUT2D eigenvalue weighted by atomic mass is 19.1. The zero-order valence-corrected chi connectivity index (χ0v) is 17.8. The van der Waals surface area contributed by atoms with Crippen molar-refractivity contribution < 1.29 is 18.4 Å². The number of carbonyl (C=O) groups is 1. The van der Waals surface area contributed by atoms with Crippen molar-refractivity contribution in [2.45, 2.75) is 26.3 Å². The van der Waals surface area contributed by atoms with Crippen LogP contribution in [0.1, 0.15) is 25.1 Å². The molecule has 2 aromatic heterocycles. The number of nitrogens with zero attached hydrogens (tertiary/aromatic N) is 3. The van der Waals surface area contributed by atoms with Crippen LogP contribution in [0, 0.1) is 12.7 Å². The molecule has 0 aliphatic rings. The summed E-state index contributed by atoms with van der Waals surface area (Å²) in [6.45, 7) is 3.43. The molecule has 8 nitrogen and oxygen atoms in total. The van der Waals surface area contributed by atoms with Crippen molar-refractivity contribution in [3.8, 4) is 17.0 Å². The molecule has 1 amide bonds. The second-order valence-electron chi connectivity index (χ2n) is 7.18. The Morgan fingerprint density at radius 1 is 1.22 bits per heavy atom. The summed E-state index contributed by atoms with van der Waals surface area (Å²) < 4.78 is 25.6. The van der Waals surface area contributed by atoms with Crippen LogP contribution in [-0.4, -0.2) is 28.0 Å². The molecule has 4 aromatic rings. The molecule has 0 aliphatic heterocycles. The Balaban J connectivity index is 1.84. The first-order valence-electron chi connectivity index (χ1n) is 10.0. The van der Waals surface area contributed by atoms with Gasteiger partial charge in [-0.1, -0.05) is 24.2 Å². The maximum absolute atomic E-state index is 14.0. The van der Waals surface area contributed by atoms with E-state index in [1.54, 1.807) is 51.3 Å². The van der Waals surface area contributed by atoms with Crippen molar-refractivity contribution in [3.63, 3.8) is 0 Å². The quantitative estimate of drug-likeness (QED) is 0.489. The van der Waals surface area contributed by atoms with Gasteiger partial charge in [0.1, 0.15) is 29.1 Å². The summed E-state index contributed by atoms with van der Waals surface area (Å²) >= 11 is 0. The van der Waals surface area contributed by atoms with E-state index in [1.165, 1.54) is 18.2 Å². The Morgan fingerprint density at radius 2 is 1.94 bits per heavy atom. The average molecular weight is 436 g/mol. The van der Waals surface area contributed by atoms with Crippen molar-refractivity contribution in [2.24, 2.45) is 0 Å². The fourth-order valence-corrected chi connectivity index (χ4v) is 3.52. The van der Waals surface area contributed by atoms with Gasteiger partial charge in [-0.25, -0.2) is 9.07 Å². The summed E-state index contributed by atoms with van der Waals surface area (Å²) in [7, 11) is 1.57. The third-order valence-electron chi connectivity index (χ3n) is 5.20. The molecule has 0 aliphatic carbocycles. The topological polar surface area (TPSA) is 99.2 Å². The van der Waals surface area contributed by atoms with Gasteiger partial charge in [-0.2, -0.15) is 5.10 Å². The van der Waals surface area contributed by atoms with Crippen LogP contribution in [0.2, 0.25) is 0 Å². The number of benzene rings is 2. The van der Waals surface area contributed by atoms with Gasteiger partial charge in [0, 0.05) is 5.56 Å². The van der Waals surface area contributed by atoms with E-state index in [1.807, 2.05) is 0 Å². The van der Waals surface area contributed by atoms with Crippen LogP contribution in [-0.2, 0) is 4.79 Å². The van der Waals surface area contributed by atoms with Gasteiger partial charge in [-0.3, -0.25) is 9.59 Å². The molecule has 0 bridgehead atoms. The van der Waals surface area contributed by atoms with Crippen molar-refractivity contribution in [1.82, 2.24) is 14.9 Å². The van der Waals surface area contributed by atoms with Crippen molar-refractivity contribution >= 4 is 22.5 Å². The van der Waals surface area contributed by atoms with Gasteiger partial charge in [0.2, 0.25) is 5.91 Å². The van der Waals surface area contributed by atoms with E-state index < -0.39 is 23.3 Å². The van der Waals surface area contributed by atoms with E-state index in [-0.39, 0.29) is 17.6 Å². The van der Waals surface area contributed by atoms with Gasteiger partial charge in [-0.05, 0) is 49.7 Å². The standard InChI is InChI=1S/C23H21FN4O4/c1-4-18(22(29)25-17-8-6-5-7-16(17)24)28-23(30)21-19(13(2)32-27-21)20(26-28)14-9-11-15(31-3)12-10-14/h5-12,18H,4H2,1-3H3,(H,25,29)/t18-/m0/s1. The van der Waals surface area contributed by atoms with Crippen LogP contribution in [0.4, 0.5) is 10.1 Å². The Morgan fingerprint density at radius 3 is 2.59 bits per heavy atom. The molecule has 1 atom stereocenters. The second-order valence-corrected chi connectivity index (χ2v) is 7.18. The molecule has 2 heterocycles. The number of fused-ring (bicyclic) bond motifs is 1. The van der Waals surface area contributed by atoms with Crippen molar-refractivity contribution in [1.29, 1.82) is 0 Å². The number of nitrogens with one attached hydrogen (secondary N) is 1. The Hall–Kier alpha value is -4.01. The van der Waals surface area contributed by atoms with Gasteiger partial charge in [0.05, 0.1) is 18.2 Å². The molecule has 2 aromatic carbocycles. The molecular formula is C23H21FN4O4. The minimum atomic E-state index is -0.986. The van der Waals surface area contributed by atoms with Crippen LogP contribution in [0.3, 0.4) is 0 Å². The van der Waals surface area contributed by atoms with Crippen LogP contribution < -0.4 is 15.6 Å². The number of rotatable bonds is 6. The monoisotopic (exact) mass is 436 g/mol. The van der Waals surface area contributed by atoms with E-state index in [0.717, 1.165) is 4.68 Å². The summed E-state index contributed by atoms with van der Waals surface area (Å²) in [5.74, 6) is -0.0348. The lowest BCUT2D eigenvalue weighted by atomic mass is 10.1. The summed E-state index contributed by atoms with van der Waals surface area (Å²) in [6.07, 6.45) is 0.248. The molecule has 164 valence electrons. The van der Waals surface area contributed by atoms with Crippen molar-refractivity contribution in [2.75, 3.05) is 12.4 Å². The number of aryl methyl sites for hydroxylation is 1. The molecule has 1 N–H and O–H groups in total. The summed E-state index contributed by atoms with van der Waals surface area (Å²) in [5.41, 5.74) is 0.668. The highest BCUT2D eigenvalue weighted by Gasteiger charge is 2.26. The summed E-state index contributed by atoms with van der Waals surface area (Å²) in [4.78, 5) is 26.1. The van der Waals surface area contributed by atoms with Gasteiger partial charge in [-0.15, -0.1) is 0 Å². The number of aromatic nitrogens is 3. The maximum atomic E-state index is 14.0. The second kappa shape index (κ2) is 8.62. The average Bonchev–Trinajstić information content (AvgIpc) is 3.19. The number of hydrogen-bond donors (Lipinski definition) is 1. The molecule has 0 radical (unpaired) electrons. The fraction of sp³-hybridized carbons (Fsp3) is 0.217. The zero-order valence-electron chi connectivity index (χ0n) is 17.8. The minimum absolute atomic E-state index is 0.0257. The third kappa shape index (κ3) is 3.73. The van der Waals surface area contributed by atoms with Crippen LogP contribution in [0.25, 0.3) is 22.2 Å². The number of anilines is 1. The molecule has 0 unspecified atom stereocenters. The van der Waals surface area contributed by atoms with E-state index in [9.17, 15) is 14.0 Å². The molecule has 32 heavy (non-hydrogen) atoms. The smallest absolute Gasteiger partial charge is 0.297 e. The fourth-order valence-electron chi connectivity index (χ4n) is 3.52. The third-order valence-corrected chi connectivity index (χ3v) is 5.20. The predicted molar refractivity (Wildman–Crippen MR) is 117 cm³/mol. The van der Waals surface area contributed by atoms with Crippen LogP contribution in [0.5, 0.6) is 5.75 Å². The summed E-state index contributed by atoms with van der Waals surface area (Å²) in [5, 5.41) is 11.4. The molecule has 9 heteroatoms. The number of methoxy groups -OCH3 is 1. The van der Waals surface area contributed by atoms with E-state index >= 15 is 0 Å². The number of ether oxygens (including phenoxy) is 1. The van der Waals surface area contributed by atoms with Gasteiger partial charge >= 0.3 is 0 Å². The van der Waals surface area contributed by atoms with Gasteiger partial charge < -0.3 is 14.6 Å². The van der Waals surface area contributed by atoms with Gasteiger partial charge in [0.25, 0.3) is 5.56 Å². The number of halogens is 1.